The van der Waals surface area contributed by atoms with E-state index in [0.717, 1.165) is 44.8 Å². The number of anilines is 1. The Morgan fingerprint density at radius 2 is 1.85 bits per heavy atom. The van der Waals surface area contributed by atoms with Gasteiger partial charge in [0.25, 0.3) is 5.91 Å². The number of carbonyl (C=O) groups excluding carboxylic acids is 3. The van der Waals surface area contributed by atoms with Crippen LogP contribution in [0.5, 0.6) is 0 Å². The Kier molecular flexibility index (Phi) is 7.57. The number of para-hydroxylation sites is 1. The van der Waals surface area contributed by atoms with E-state index in [2.05, 4.69) is 22.0 Å². The molecular weight excluding hydrogens is 432 g/mol. The van der Waals surface area contributed by atoms with Crippen LogP contribution in [0.4, 0.5) is 5.69 Å². The number of Topliss-reactive ketones (excluding diaryl/α,β-unsaturated/α-hetero) is 1. The highest BCUT2D eigenvalue weighted by Crippen LogP contribution is 2.32. The number of ether oxygens (including phenoxy) is 1. The Labute approximate surface area is 202 Å². The lowest BCUT2D eigenvalue weighted by atomic mass is 9.96. The minimum absolute atomic E-state index is 0.0477. The van der Waals surface area contributed by atoms with Crippen LogP contribution in [-0.4, -0.2) is 91.5 Å². The van der Waals surface area contributed by atoms with Crippen molar-refractivity contribution in [2.24, 2.45) is 11.8 Å². The Morgan fingerprint density at radius 3 is 2.53 bits per heavy atom. The zero-order valence-corrected chi connectivity index (χ0v) is 20.8. The molecule has 2 amide bonds. The van der Waals surface area contributed by atoms with E-state index in [4.69, 9.17) is 4.74 Å². The minimum Gasteiger partial charge on any atom is -0.368 e. The fourth-order valence-corrected chi connectivity index (χ4v) is 5.45. The first-order chi connectivity index (χ1) is 16.3. The van der Waals surface area contributed by atoms with Crippen LogP contribution in [0.1, 0.15) is 44.5 Å². The summed E-state index contributed by atoms with van der Waals surface area (Å²) in [4.78, 5) is 46.0. The van der Waals surface area contributed by atoms with E-state index in [9.17, 15) is 14.4 Å². The number of rotatable bonds is 7. The van der Waals surface area contributed by atoms with Gasteiger partial charge in [-0.25, -0.2) is 0 Å². The van der Waals surface area contributed by atoms with Crippen molar-refractivity contribution in [2.45, 2.75) is 52.3 Å². The number of piperazine rings is 1. The molecular formula is C26H38N4O4. The molecule has 0 spiro atoms. The van der Waals surface area contributed by atoms with E-state index >= 15 is 0 Å². The SMILES string of the molecule is CC[C@H](C)[C@H](NC(=O)c1ccccc1N1CCN(CC)CC1)C(=O)N1C[C@@H](C)[C@H]2OCC(=O)[C@H]21. The van der Waals surface area contributed by atoms with Gasteiger partial charge in [-0.05, 0) is 24.6 Å². The van der Waals surface area contributed by atoms with Gasteiger partial charge in [-0.2, -0.15) is 0 Å². The minimum atomic E-state index is -0.693. The first-order valence-corrected chi connectivity index (χ1v) is 12.7. The van der Waals surface area contributed by atoms with Crippen LogP contribution in [0.15, 0.2) is 24.3 Å². The van der Waals surface area contributed by atoms with E-state index in [-0.39, 0.29) is 42.1 Å². The van der Waals surface area contributed by atoms with E-state index in [1.54, 1.807) is 4.90 Å². The molecule has 0 unspecified atom stereocenters. The van der Waals surface area contributed by atoms with Crippen LogP contribution >= 0.6 is 0 Å². The Balaban J connectivity index is 1.53. The van der Waals surface area contributed by atoms with Gasteiger partial charge in [0.1, 0.15) is 18.7 Å². The Morgan fingerprint density at radius 1 is 1.15 bits per heavy atom. The summed E-state index contributed by atoms with van der Waals surface area (Å²) in [6, 6.07) is 6.40. The molecule has 3 aliphatic heterocycles. The molecule has 1 N–H and O–H groups in total. The van der Waals surface area contributed by atoms with Crippen molar-refractivity contribution in [3.8, 4) is 0 Å². The zero-order valence-electron chi connectivity index (χ0n) is 20.8. The average molecular weight is 471 g/mol. The summed E-state index contributed by atoms with van der Waals surface area (Å²) in [5.74, 6) is -0.451. The third-order valence-electron chi connectivity index (χ3n) is 7.80. The topological polar surface area (TPSA) is 82.2 Å². The molecule has 0 aliphatic carbocycles. The van der Waals surface area contributed by atoms with Gasteiger partial charge in [-0.15, -0.1) is 0 Å². The van der Waals surface area contributed by atoms with E-state index in [1.807, 2.05) is 45.0 Å². The molecule has 8 heteroatoms. The Bertz CT molecular complexity index is 914. The van der Waals surface area contributed by atoms with Gasteiger partial charge >= 0.3 is 0 Å². The van der Waals surface area contributed by atoms with Crippen molar-refractivity contribution < 1.29 is 19.1 Å². The lowest BCUT2D eigenvalue weighted by Crippen LogP contribution is -2.54. The van der Waals surface area contributed by atoms with Crippen LogP contribution < -0.4 is 10.2 Å². The number of hydrogen-bond acceptors (Lipinski definition) is 6. The first-order valence-electron chi connectivity index (χ1n) is 12.7. The van der Waals surface area contributed by atoms with Crippen LogP contribution in [-0.2, 0) is 14.3 Å². The summed E-state index contributed by atoms with van der Waals surface area (Å²) >= 11 is 0. The summed E-state index contributed by atoms with van der Waals surface area (Å²) in [6.45, 7) is 13.4. The maximum absolute atomic E-state index is 13.7. The maximum Gasteiger partial charge on any atom is 0.254 e. The van der Waals surface area contributed by atoms with E-state index < -0.39 is 12.1 Å². The van der Waals surface area contributed by atoms with Crippen LogP contribution in [0.2, 0.25) is 0 Å². The van der Waals surface area contributed by atoms with Crippen LogP contribution in [0.3, 0.4) is 0 Å². The van der Waals surface area contributed by atoms with E-state index in [0.29, 0.717) is 12.1 Å². The monoisotopic (exact) mass is 470 g/mol. The molecule has 1 aromatic carbocycles. The zero-order chi connectivity index (χ0) is 24.4. The summed E-state index contributed by atoms with van der Waals surface area (Å²) in [6.07, 6.45) is 0.492. The fourth-order valence-electron chi connectivity index (χ4n) is 5.45. The lowest BCUT2D eigenvalue weighted by Gasteiger charge is -2.36. The molecule has 186 valence electrons. The van der Waals surface area contributed by atoms with E-state index in [1.165, 1.54) is 0 Å². The van der Waals surface area contributed by atoms with Gasteiger partial charge in [0, 0.05) is 44.3 Å². The van der Waals surface area contributed by atoms with Gasteiger partial charge in [0.2, 0.25) is 5.91 Å². The summed E-state index contributed by atoms with van der Waals surface area (Å²) in [5, 5.41) is 3.05. The number of likely N-dealkylation sites (N-methyl/N-ethyl adjacent to an activating group) is 1. The maximum atomic E-state index is 13.7. The molecule has 8 nitrogen and oxygen atoms in total. The number of benzene rings is 1. The molecule has 3 heterocycles. The molecule has 1 aromatic rings. The molecule has 0 bridgehead atoms. The molecule has 5 atom stereocenters. The molecule has 4 rings (SSSR count). The number of hydrogen-bond donors (Lipinski definition) is 1. The number of nitrogens with zero attached hydrogens (tertiary/aromatic N) is 3. The Hall–Kier alpha value is -2.45. The summed E-state index contributed by atoms with van der Waals surface area (Å²) < 4.78 is 5.66. The first kappa shape index (κ1) is 24.7. The van der Waals surface area contributed by atoms with Crippen molar-refractivity contribution in [3.05, 3.63) is 29.8 Å². The molecule has 3 saturated heterocycles. The lowest BCUT2D eigenvalue weighted by molar-refractivity contribution is -0.139. The van der Waals surface area contributed by atoms with Gasteiger partial charge in [0.15, 0.2) is 5.78 Å². The normalized spacial score (nSPS) is 26.9. The summed E-state index contributed by atoms with van der Waals surface area (Å²) in [5.41, 5.74) is 1.49. The van der Waals surface area contributed by atoms with Crippen molar-refractivity contribution in [1.82, 2.24) is 15.1 Å². The highest BCUT2D eigenvalue weighted by atomic mass is 16.5. The largest absolute Gasteiger partial charge is 0.368 e. The number of nitrogens with one attached hydrogen (secondary N) is 1. The highest BCUT2D eigenvalue weighted by molar-refractivity contribution is 6.02. The molecule has 34 heavy (non-hydrogen) atoms. The van der Waals surface area contributed by atoms with Crippen molar-refractivity contribution in [3.63, 3.8) is 0 Å². The predicted octanol–water partition coefficient (Wildman–Crippen LogP) is 1.79. The second kappa shape index (κ2) is 10.4. The highest BCUT2D eigenvalue weighted by Gasteiger charge is 2.52. The number of likely N-dealkylation sites (tertiary alicyclic amines) is 1. The molecule has 0 radical (unpaired) electrons. The number of amides is 2. The second-order valence-corrected chi connectivity index (χ2v) is 9.93. The summed E-state index contributed by atoms with van der Waals surface area (Å²) in [7, 11) is 0. The number of fused-ring (bicyclic) bond motifs is 1. The average Bonchev–Trinajstić information content (AvgIpc) is 3.41. The van der Waals surface area contributed by atoms with Gasteiger partial charge in [-0.3, -0.25) is 14.4 Å². The molecule has 0 aromatic heterocycles. The fraction of sp³-hybridized carbons (Fsp3) is 0.654. The smallest absolute Gasteiger partial charge is 0.254 e. The quantitative estimate of drug-likeness (QED) is 0.654. The predicted molar refractivity (Wildman–Crippen MR) is 131 cm³/mol. The third kappa shape index (κ3) is 4.70. The molecule has 3 fully saturated rings. The molecule has 0 saturated carbocycles. The standard InChI is InChI=1S/C26H38N4O4/c1-5-17(3)22(26(33)30-15-18(4)24-23(30)21(31)16-34-24)27-25(32)19-9-7-8-10-20(19)29-13-11-28(6-2)12-14-29/h7-10,17-18,22-24H,5-6,11-16H2,1-4H3,(H,27,32)/t17-,18+,22-,23+,24+/m0/s1. The van der Waals surface area contributed by atoms with Crippen molar-refractivity contribution in [2.75, 3.05) is 50.8 Å². The van der Waals surface area contributed by atoms with Gasteiger partial charge in [-0.1, -0.05) is 46.2 Å². The third-order valence-corrected chi connectivity index (χ3v) is 7.80. The molecule has 3 aliphatic rings. The van der Waals surface area contributed by atoms with Gasteiger partial charge in [0.05, 0.1) is 11.7 Å². The number of carbonyl (C=O) groups is 3. The van der Waals surface area contributed by atoms with Crippen molar-refractivity contribution >= 4 is 23.3 Å². The second-order valence-electron chi connectivity index (χ2n) is 9.93. The van der Waals surface area contributed by atoms with Crippen LogP contribution in [0, 0.1) is 11.8 Å². The van der Waals surface area contributed by atoms with Gasteiger partial charge < -0.3 is 24.8 Å². The van der Waals surface area contributed by atoms with Crippen LogP contribution in [0.25, 0.3) is 0 Å². The van der Waals surface area contributed by atoms with Crippen molar-refractivity contribution in [1.29, 1.82) is 0 Å². The number of ketones is 1.